The van der Waals surface area contributed by atoms with Crippen LogP contribution >= 0.6 is 0 Å². The van der Waals surface area contributed by atoms with E-state index in [0.717, 1.165) is 32.1 Å². The summed E-state index contributed by atoms with van der Waals surface area (Å²) < 4.78 is 40.6. The summed E-state index contributed by atoms with van der Waals surface area (Å²) in [6.45, 7) is 1.39. The molecule has 4 bridgehead atoms. The molecule has 5 atom stereocenters. The fourth-order valence-corrected chi connectivity index (χ4v) is 6.83. The quantitative estimate of drug-likeness (QED) is 0.821. The number of rotatable bonds is 3. The Balaban J connectivity index is 1.44. The molecule has 1 aromatic heterocycles. The molecule has 5 aliphatic rings. The summed E-state index contributed by atoms with van der Waals surface area (Å²) in [5.41, 5.74) is -3.92. The number of tetrazole rings is 1. The van der Waals surface area contributed by atoms with Gasteiger partial charge < -0.3 is 5.11 Å². The maximum atomic E-state index is 13.5. The van der Waals surface area contributed by atoms with Crippen molar-refractivity contribution >= 4 is 11.6 Å². The summed E-state index contributed by atoms with van der Waals surface area (Å²) in [4.78, 5) is 14.7. The van der Waals surface area contributed by atoms with E-state index in [1.807, 2.05) is 0 Å². The first kappa shape index (κ1) is 19.0. The summed E-state index contributed by atoms with van der Waals surface area (Å²) in [5, 5.41) is 26.5. The smallest absolute Gasteiger partial charge is 0.362 e. The van der Waals surface area contributed by atoms with Crippen molar-refractivity contribution in [2.75, 3.05) is 0 Å². The lowest BCUT2D eigenvalue weighted by atomic mass is 9.46. The molecule has 4 aliphatic carbocycles. The van der Waals surface area contributed by atoms with Crippen LogP contribution in [0.5, 0.6) is 0 Å². The molecule has 1 N–H and O–H groups in total. The van der Waals surface area contributed by atoms with Crippen LogP contribution in [0.2, 0.25) is 0 Å². The van der Waals surface area contributed by atoms with E-state index in [2.05, 4.69) is 20.5 Å². The Bertz CT molecular complexity index is 855. The Morgan fingerprint density at radius 3 is 2.55 bits per heavy atom. The maximum Gasteiger partial charge on any atom is 0.438 e. The van der Waals surface area contributed by atoms with Crippen molar-refractivity contribution in [2.45, 2.75) is 75.7 Å². The molecule has 1 aromatic rings. The molecule has 158 valence electrons. The second kappa shape index (κ2) is 5.77. The minimum atomic E-state index is -4.97. The van der Waals surface area contributed by atoms with Crippen molar-refractivity contribution < 1.29 is 23.1 Å². The molecular formula is C18H23F3N6O2. The zero-order valence-electron chi connectivity index (χ0n) is 16.1. The number of halogens is 3. The molecule has 0 aromatic carbocycles. The summed E-state index contributed by atoms with van der Waals surface area (Å²) in [5.74, 6) is 0.00561. The van der Waals surface area contributed by atoms with Crippen molar-refractivity contribution in [2.24, 2.45) is 22.4 Å². The minimum absolute atomic E-state index is 0.0639. The van der Waals surface area contributed by atoms with Gasteiger partial charge in [-0.1, -0.05) is 0 Å². The van der Waals surface area contributed by atoms with Crippen LogP contribution in [0, 0.1) is 17.3 Å². The highest BCUT2D eigenvalue weighted by molar-refractivity contribution is 5.89. The van der Waals surface area contributed by atoms with Gasteiger partial charge in [0, 0.05) is 18.6 Å². The average molecular weight is 412 g/mol. The van der Waals surface area contributed by atoms with Gasteiger partial charge in [0.15, 0.2) is 6.33 Å². The Hall–Kier alpha value is -2.04. The lowest BCUT2D eigenvalue weighted by Gasteiger charge is -2.61. The van der Waals surface area contributed by atoms with Crippen LogP contribution in [0.1, 0.15) is 58.3 Å². The molecule has 8 nitrogen and oxygen atoms in total. The third-order valence-corrected chi connectivity index (χ3v) is 7.26. The van der Waals surface area contributed by atoms with E-state index >= 15 is 0 Å². The van der Waals surface area contributed by atoms with Gasteiger partial charge in [0.1, 0.15) is 0 Å². The molecule has 2 unspecified atom stereocenters. The van der Waals surface area contributed by atoms with E-state index < -0.39 is 29.6 Å². The third-order valence-electron chi connectivity index (χ3n) is 7.26. The third kappa shape index (κ3) is 2.72. The fraction of sp³-hybridized carbons (Fsp3) is 0.833. The second-order valence-electron chi connectivity index (χ2n) is 9.62. The topological polar surface area (TPSA) is 96.5 Å². The Labute approximate surface area is 165 Å². The van der Waals surface area contributed by atoms with Crippen molar-refractivity contribution in [1.82, 2.24) is 25.2 Å². The molecule has 1 amide bonds. The van der Waals surface area contributed by atoms with E-state index in [-0.39, 0.29) is 22.7 Å². The van der Waals surface area contributed by atoms with Crippen molar-refractivity contribution in [1.29, 1.82) is 0 Å². The Morgan fingerprint density at radius 1 is 1.28 bits per heavy atom. The molecule has 1 aliphatic heterocycles. The molecule has 0 spiro atoms. The van der Waals surface area contributed by atoms with Gasteiger partial charge in [0.2, 0.25) is 5.91 Å². The summed E-state index contributed by atoms with van der Waals surface area (Å²) >= 11 is 0. The van der Waals surface area contributed by atoms with E-state index in [0.29, 0.717) is 18.3 Å². The van der Waals surface area contributed by atoms with Gasteiger partial charge in [-0.05, 0) is 67.9 Å². The number of carbonyl (C=O) groups excluding carboxylic acids is 1. The highest BCUT2D eigenvalue weighted by Crippen LogP contribution is 2.65. The molecule has 4 saturated carbocycles. The van der Waals surface area contributed by atoms with Gasteiger partial charge in [0.25, 0.3) is 5.72 Å². The van der Waals surface area contributed by atoms with Gasteiger partial charge in [0.05, 0.1) is 5.54 Å². The molecule has 0 saturated heterocycles. The molecular weight excluding hydrogens is 389 g/mol. The highest BCUT2D eigenvalue weighted by Gasteiger charge is 2.64. The average Bonchev–Trinajstić information content (AvgIpc) is 3.21. The molecule has 11 heteroatoms. The predicted octanol–water partition coefficient (Wildman–Crippen LogP) is 2.22. The van der Waals surface area contributed by atoms with Crippen LogP contribution in [0.15, 0.2) is 11.4 Å². The Morgan fingerprint density at radius 2 is 1.97 bits per heavy atom. The van der Waals surface area contributed by atoms with Crippen LogP contribution in [-0.4, -0.2) is 53.8 Å². The van der Waals surface area contributed by atoms with Crippen LogP contribution in [0.4, 0.5) is 13.2 Å². The highest BCUT2D eigenvalue weighted by atomic mass is 19.4. The van der Waals surface area contributed by atoms with Crippen LogP contribution < -0.4 is 0 Å². The second-order valence-corrected chi connectivity index (χ2v) is 9.62. The maximum absolute atomic E-state index is 13.5. The number of hydrogen-bond acceptors (Lipinski definition) is 6. The summed E-state index contributed by atoms with van der Waals surface area (Å²) in [6, 6.07) is 0. The van der Waals surface area contributed by atoms with E-state index in [9.17, 15) is 23.1 Å². The zero-order valence-corrected chi connectivity index (χ0v) is 16.1. The zero-order chi connectivity index (χ0) is 20.7. The van der Waals surface area contributed by atoms with Crippen LogP contribution in [0.25, 0.3) is 0 Å². The number of amides is 1. The number of hydrogen-bond donors (Lipinski definition) is 1. The molecule has 4 fully saturated rings. The largest absolute Gasteiger partial charge is 0.438 e. The number of alkyl halides is 3. The first-order chi connectivity index (χ1) is 13.5. The molecule has 29 heavy (non-hydrogen) atoms. The van der Waals surface area contributed by atoms with E-state index in [1.54, 1.807) is 4.80 Å². The normalized spacial score (nSPS) is 41.1. The number of hydrazone groups is 1. The molecule has 2 heterocycles. The van der Waals surface area contributed by atoms with Gasteiger partial charge in [-0.15, -0.1) is 10.2 Å². The predicted molar refractivity (Wildman–Crippen MR) is 93.1 cm³/mol. The lowest BCUT2D eigenvalue weighted by molar-refractivity contribution is -0.303. The summed E-state index contributed by atoms with van der Waals surface area (Å²) in [6.07, 6.45) is 0.750. The summed E-state index contributed by atoms with van der Waals surface area (Å²) in [7, 11) is 0. The number of aliphatic hydroxyl groups is 1. The number of nitrogens with zero attached hydrogens (tertiary/aromatic N) is 6. The van der Waals surface area contributed by atoms with Gasteiger partial charge in [-0.25, -0.2) is 0 Å². The van der Waals surface area contributed by atoms with Crippen molar-refractivity contribution in [3.05, 3.63) is 6.33 Å². The molecule has 0 radical (unpaired) electrons. The van der Waals surface area contributed by atoms with Gasteiger partial charge >= 0.3 is 6.18 Å². The van der Waals surface area contributed by atoms with Crippen LogP contribution in [-0.2, 0) is 10.3 Å². The van der Waals surface area contributed by atoms with Gasteiger partial charge in [-0.2, -0.15) is 28.1 Å². The van der Waals surface area contributed by atoms with Gasteiger partial charge in [-0.3, -0.25) is 4.79 Å². The molecule has 6 rings (SSSR count). The SMILES string of the molecule is CC1=NN(C(=O)CC23C[C@H]4C[C@@H](C2)CC(n2ncnn2)(C4)C3)[C@](O)(C(F)(F)F)C1. The monoisotopic (exact) mass is 412 g/mol. The lowest BCUT2D eigenvalue weighted by Crippen LogP contribution is -2.60. The van der Waals surface area contributed by atoms with E-state index in [1.165, 1.54) is 13.3 Å². The van der Waals surface area contributed by atoms with Crippen LogP contribution in [0.3, 0.4) is 0 Å². The first-order valence-corrected chi connectivity index (χ1v) is 9.94. The number of carbonyl (C=O) groups is 1. The van der Waals surface area contributed by atoms with Crippen molar-refractivity contribution in [3.63, 3.8) is 0 Å². The first-order valence-electron chi connectivity index (χ1n) is 9.94. The fourth-order valence-electron chi connectivity index (χ4n) is 6.83. The minimum Gasteiger partial charge on any atom is -0.362 e. The Kier molecular flexibility index (Phi) is 3.77. The standard InChI is InChI=1S/C18H23F3N6O2/c1-11-3-17(29,18(19,20)21)26(24-11)14(28)8-15-4-12-2-13(5-15)7-16(6-12,9-15)27-23-10-22-25-27/h10,12-13,29H,2-9H2,1H3/t12-,13+,15?,16?,17-/m1/s1. The van der Waals surface area contributed by atoms with E-state index in [4.69, 9.17) is 0 Å². The number of aromatic nitrogens is 4. The van der Waals surface area contributed by atoms with Crippen molar-refractivity contribution in [3.8, 4) is 0 Å².